The van der Waals surface area contributed by atoms with Crippen molar-refractivity contribution in [2.45, 2.75) is 32.2 Å². The lowest BCUT2D eigenvalue weighted by Crippen LogP contribution is -2.23. The fourth-order valence-electron chi connectivity index (χ4n) is 2.38. The number of nitrogens with one attached hydrogen (secondary N) is 2. The summed E-state index contributed by atoms with van der Waals surface area (Å²) >= 11 is 0. The number of hydrogen-bond donors (Lipinski definition) is 2. The van der Waals surface area contributed by atoms with Gasteiger partial charge in [0.2, 0.25) is 5.91 Å². The van der Waals surface area contributed by atoms with Gasteiger partial charge in [-0.1, -0.05) is 6.07 Å². The molecule has 2 rings (SSSR count). The lowest BCUT2D eigenvalue weighted by molar-refractivity contribution is -0.114. The van der Waals surface area contributed by atoms with E-state index >= 15 is 0 Å². The molecule has 1 aromatic carbocycles. The monoisotopic (exact) mass is 248 g/mol. The summed E-state index contributed by atoms with van der Waals surface area (Å²) in [7, 11) is 1.61. The average Bonchev–Trinajstić information content (AvgIpc) is 2.81. The summed E-state index contributed by atoms with van der Waals surface area (Å²) in [5.74, 6) is 0.623. The molecule has 98 valence electrons. The SMILES string of the molecule is COc1ccc(CC2CCCN2)cc1NC(C)=O. The number of carbonyl (C=O) groups excluding carboxylic acids is 1. The summed E-state index contributed by atoms with van der Waals surface area (Å²) in [6, 6.07) is 6.53. The number of benzene rings is 1. The van der Waals surface area contributed by atoms with E-state index in [2.05, 4.69) is 16.7 Å². The van der Waals surface area contributed by atoms with Crippen molar-refractivity contribution in [1.29, 1.82) is 0 Å². The van der Waals surface area contributed by atoms with E-state index in [1.165, 1.54) is 25.3 Å². The molecule has 4 heteroatoms. The molecular formula is C14H20N2O2. The highest BCUT2D eigenvalue weighted by Crippen LogP contribution is 2.26. The molecule has 18 heavy (non-hydrogen) atoms. The van der Waals surface area contributed by atoms with E-state index in [0.29, 0.717) is 11.8 Å². The molecule has 1 aromatic rings. The van der Waals surface area contributed by atoms with Crippen LogP contribution in [0, 0.1) is 0 Å². The van der Waals surface area contributed by atoms with E-state index in [9.17, 15) is 4.79 Å². The number of rotatable bonds is 4. The Morgan fingerprint density at radius 3 is 3.00 bits per heavy atom. The van der Waals surface area contributed by atoms with Crippen molar-refractivity contribution in [3.8, 4) is 5.75 Å². The molecule has 0 aromatic heterocycles. The number of hydrogen-bond acceptors (Lipinski definition) is 3. The van der Waals surface area contributed by atoms with Crippen molar-refractivity contribution in [1.82, 2.24) is 5.32 Å². The third-order valence-electron chi connectivity index (χ3n) is 3.22. The number of ether oxygens (including phenoxy) is 1. The van der Waals surface area contributed by atoms with Crippen LogP contribution in [0.5, 0.6) is 5.75 Å². The van der Waals surface area contributed by atoms with Gasteiger partial charge in [-0.05, 0) is 43.5 Å². The van der Waals surface area contributed by atoms with Crippen molar-refractivity contribution in [2.75, 3.05) is 19.0 Å². The summed E-state index contributed by atoms with van der Waals surface area (Å²) in [6.45, 7) is 2.62. The second kappa shape index (κ2) is 5.87. The lowest BCUT2D eigenvalue weighted by atomic mass is 10.0. The van der Waals surface area contributed by atoms with Crippen molar-refractivity contribution in [3.63, 3.8) is 0 Å². The second-order valence-electron chi connectivity index (χ2n) is 4.71. The van der Waals surface area contributed by atoms with Gasteiger partial charge in [0.05, 0.1) is 12.8 Å². The van der Waals surface area contributed by atoms with Gasteiger partial charge in [0.25, 0.3) is 0 Å². The maximum absolute atomic E-state index is 11.2. The summed E-state index contributed by atoms with van der Waals surface area (Å²) < 4.78 is 5.24. The molecular weight excluding hydrogens is 228 g/mol. The molecule has 1 heterocycles. The molecule has 1 amide bonds. The molecule has 0 radical (unpaired) electrons. The zero-order chi connectivity index (χ0) is 13.0. The van der Waals surface area contributed by atoms with Crippen molar-refractivity contribution >= 4 is 11.6 Å². The third kappa shape index (κ3) is 3.23. The maximum Gasteiger partial charge on any atom is 0.221 e. The molecule has 4 nitrogen and oxygen atoms in total. The molecule has 0 saturated carbocycles. The number of anilines is 1. The highest BCUT2D eigenvalue weighted by Gasteiger charge is 2.15. The average molecular weight is 248 g/mol. The molecule has 0 spiro atoms. The largest absolute Gasteiger partial charge is 0.495 e. The van der Waals surface area contributed by atoms with Gasteiger partial charge in [-0.15, -0.1) is 0 Å². The quantitative estimate of drug-likeness (QED) is 0.856. The Morgan fingerprint density at radius 1 is 1.56 bits per heavy atom. The summed E-state index contributed by atoms with van der Waals surface area (Å²) in [4.78, 5) is 11.2. The minimum atomic E-state index is -0.0792. The zero-order valence-electron chi connectivity index (χ0n) is 11.0. The van der Waals surface area contributed by atoms with Crippen LogP contribution in [0.2, 0.25) is 0 Å². The van der Waals surface area contributed by atoms with E-state index in [4.69, 9.17) is 4.74 Å². The summed E-state index contributed by atoms with van der Waals surface area (Å²) in [5, 5.41) is 6.28. The Morgan fingerprint density at radius 2 is 2.39 bits per heavy atom. The molecule has 1 fully saturated rings. The predicted octanol–water partition coefficient (Wildman–Crippen LogP) is 1.95. The first-order valence-electron chi connectivity index (χ1n) is 6.37. The van der Waals surface area contributed by atoms with Gasteiger partial charge in [0.1, 0.15) is 5.75 Å². The Bertz CT molecular complexity index is 426. The van der Waals surface area contributed by atoms with E-state index in [0.717, 1.165) is 18.7 Å². The van der Waals surface area contributed by atoms with E-state index in [-0.39, 0.29) is 5.91 Å². The lowest BCUT2D eigenvalue weighted by Gasteiger charge is -2.14. The van der Waals surface area contributed by atoms with Crippen LogP contribution in [0.4, 0.5) is 5.69 Å². The Labute approximate surface area is 108 Å². The van der Waals surface area contributed by atoms with Gasteiger partial charge in [-0.2, -0.15) is 0 Å². The van der Waals surface area contributed by atoms with Gasteiger partial charge < -0.3 is 15.4 Å². The molecule has 1 aliphatic rings. The molecule has 1 atom stereocenters. The van der Waals surface area contributed by atoms with Gasteiger partial charge >= 0.3 is 0 Å². The number of methoxy groups -OCH3 is 1. The molecule has 0 aliphatic carbocycles. The number of carbonyl (C=O) groups is 1. The molecule has 1 saturated heterocycles. The second-order valence-corrected chi connectivity index (χ2v) is 4.71. The summed E-state index contributed by atoms with van der Waals surface area (Å²) in [6.07, 6.45) is 3.47. The minimum Gasteiger partial charge on any atom is -0.495 e. The van der Waals surface area contributed by atoms with Crippen LogP contribution in [-0.2, 0) is 11.2 Å². The molecule has 0 bridgehead atoms. The predicted molar refractivity (Wildman–Crippen MR) is 72.0 cm³/mol. The fraction of sp³-hybridized carbons (Fsp3) is 0.500. The first kappa shape index (κ1) is 12.9. The standard InChI is InChI=1S/C14H20N2O2/c1-10(17)16-13-9-11(5-6-14(13)18-2)8-12-4-3-7-15-12/h5-6,9,12,15H,3-4,7-8H2,1-2H3,(H,16,17). The first-order valence-corrected chi connectivity index (χ1v) is 6.37. The normalized spacial score (nSPS) is 18.7. The fourth-order valence-corrected chi connectivity index (χ4v) is 2.38. The van der Waals surface area contributed by atoms with Gasteiger partial charge in [-0.3, -0.25) is 4.79 Å². The summed E-state index contributed by atoms with van der Waals surface area (Å²) in [5.41, 5.74) is 1.97. The Kier molecular flexibility index (Phi) is 4.20. The van der Waals surface area contributed by atoms with Crippen molar-refractivity contribution in [2.24, 2.45) is 0 Å². The van der Waals surface area contributed by atoms with Crippen LogP contribution >= 0.6 is 0 Å². The molecule has 1 unspecified atom stereocenters. The highest BCUT2D eigenvalue weighted by molar-refractivity contribution is 5.90. The smallest absolute Gasteiger partial charge is 0.221 e. The first-order chi connectivity index (χ1) is 8.69. The highest BCUT2D eigenvalue weighted by atomic mass is 16.5. The van der Waals surface area contributed by atoms with Gasteiger partial charge in [0, 0.05) is 13.0 Å². The Hall–Kier alpha value is -1.55. The van der Waals surface area contributed by atoms with Crippen LogP contribution in [0.1, 0.15) is 25.3 Å². The molecule has 1 aliphatic heterocycles. The van der Waals surface area contributed by atoms with Crippen LogP contribution in [0.3, 0.4) is 0 Å². The Balaban J connectivity index is 2.13. The van der Waals surface area contributed by atoms with Gasteiger partial charge in [0.15, 0.2) is 0 Å². The van der Waals surface area contributed by atoms with Crippen LogP contribution in [-0.4, -0.2) is 25.6 Å². The maximum atomic E-state index is 11.2. The molecule has 2 N–H and O–H groups in total. The van der Waals surface area contributed by atoms with E-state index < -0.39 is 0 Å². The zero-order valence-corrected chi connectivity index (χ0v) is 11.0. The number of amides is 1. The van der Waals surface area contributed by atoms with Crippen molar-refractivity contribution < 1.29 is 9.53 Å². The van der Waals surface area contributed by atoms with Gasteiger partial charge in [-0.25, -0.2) is 0 Å². The van der Waals surface area contributed by atoms with Crippen LogP contribution < -0.4 is 15.4 Å². The van der Waals surface area contributed by atoms with Crippen LogP contribution in [0.15, 0.2) is 18.2 Å². The van der Waals surface area contributed by atoms with E-state index in [1.807, 2.05) is 12.1 Å². The van der Waals surface area contributed by atoms with Crippen molar-refractivity contribution in [3.05, 3.63) is 23.8 Å². The third-order valence-corrected chi connectivity index (χ3v) is 3.22. The van der Waals surface area contributed by atoms with E-state index in [1.54, 1.807) is 7.11 Å². The topological polar surface area (TPSA) is 50.4 Å². The minimum absolute atomic E-state index is 0.0792. The van der Waals surface area contributed by atoms with Crippen LogP contribution in [0.25, 0.3) is 0 Å².